The van der Waals surface area contributed by atoms with Crippen molar-refractivity contribution in [2.45, 2.75) is 39.4 Å². The van der Waals surface area contributed by atoms with Crippen LogP contribution < -0.4 is 10.6 Å². The van der Waals surface area contributed by atoms with Crippen LogP contribution in [-0.2, 0) is 6.54 Å². The molecule has 0 spiro atoms. The third-order valence-electron chi connectivity index (χ3n) is 2.49. The smallest absolute Gasteiger partial charge is 0.129 e. The van der Waals surface area contributed by atoms with E-state index in [9.17, 15) is 4.39 Å². The van der Waals surface area contributed by atoms with Gasteiger partial charge in [0.05, 0.1) is 0 Å². The normalized spacial score (nSPS) is 13.1. The molecule has 2 N–H and O–H groups in total. The van der Waals surface area contributed by atoms with Gasteiger partial charge in [-0.15, -0.1) is 0 Å². The van der Waals surface area contributed by atoms with E-state index >= 15 is 0 Å². The Morgan fingerprint density at radius 3 is 2.53 bits per heavy atom. The second kappa shape index (κ2) is 6.94. The summed E-state index contributed by atoms with van der Waals surface area (Å²) in [5.41, 5.74) is 0.644. The van der Waals surface area contributed by atoms with E-state index < -0.39 is 0 Å². The van der Waals surface area contributed by atoms with Gasteiger partial charge in [-0.2, -0.15) is 0 Å². The molecular formula is C13H20ClFN2. The van der Waals surface area contributed by atoms with E-state index in [0.717, 1.165) is 6.54 Å². The van der Waals surface area contributed by atoms with Crippen LogP contribution in [0.2, 0.25) is 5.02 Å². The van der Waals surface area contributed by atoms with Crippen molar-refractivity contribution in [3.63, 3.8) is 0 Å². The Bertz CT molecular complexity index is 355. The van der Waals surface area contributed by atoms with Crippen LogP contribution in [0.4, 0.5) is 4.39 Å². The van der Waals surface area contributed by atoms with E-state index in [1.54, 1.807) is 12.1 Å². The molecule has 96 valence electrons. The van der Waals surface area contributed by atoms with Crippen LogP contribution in [0.25, 0.3) is 0 Å². The van der Waals surface area contributed by atoms with Crippen molar-refractivity contribution in [3.05, 3.63) is 34.6 Å². The molecule has 0 radical (unpaired) electrons. The van der Waals surface area contributed by atoms with Crippen molar-refractivity contribution < 1.29 is 4.39 Å². The Kier molecular flexibility index (Phi) is 5.89. The quantitative estimate of drug-likeness (QED) is 0.820. The summed E-state index contributed by atoms with van der Waals surface area (Å²) in [5, 5.41) is 7.03. The maximum atomic E-state index is 13.5. The number of rotatable bonds is 6. The standard InChI is InChI=1S/C13H20ClFN2/c1-9(2)16-7-10(3)17-8-11-4-5-12(14)6-13(11)15/h4-6,9-10,16-17H,7-8H2,1-3H3. The molecule has 0 aromatic heterocycles. The highest BCUT2D eigenvalue weighted by Crippen LogP contribution is 2.14. The summed E-state index contributed by atoms with van der Waals surface area (Å²) in [4.78, 5) is 0. The van der Waals surface area contributed by atoms with Crippen molar-refractivity contribution in [2.24, 2.45) is 0 Å². The van der Waals surface area contributed by atoms with Gasteiger partial charge < -0.3 is 10.6 Å². The van der Waals surface area contributed by atoms with Crippen LogP contribution in [0.3, 0.4) is 0 Å². The van der Waals surface area contributed by atoms with Gasteiger partial charge in [-0.25, -0.2) is 4.39 Å². The fourth-order valence-corrected chi connectivity index (χ4v) is 1.59. The highest BCUT2D eigenvalue weighted by Gasteiger charge is 2.06. The fraction of sp³-hybridized carbons (Fsp3) is 0.538. The average Bonchev–Trinajstić information content (AvgIpc) is 2.25. The van der Waals surface area contributed by atoms with Gasteiger partial charge >= 0.3 is 0 Å². The van der Waals surface area contributed by atoms with Crippen LogP contribution in [0, 0.1) is 5.82 Å². The number of hydrogen-bond donors (Lipinski definition) is 2. The lowest BCUT2D eigenvalue weighted by molar-refractivity contribution is 0.468. The Hall–Kier alpha value is -0.640. The first kappa shape index (κ1) is 14.4. The molecule has 0 aliphatic heterocycles. The number of halogens is 2. The lowest BCUT2D eigenvalue weighted by Gasteiger charge is -2.16. The summed E-state index contributed by atoms with van der Waals surface area (Å²) < 4.78 is 13.5. The third-order valence-corrected chi connectivity index (χ3v) is 2.72. The lowest BCUT2D eigenvalue weighted by atomic mass is 10.2. The van der Waals surface area contributed by atoms with Gasteiger partial charge in [0.1, 0.15) is 5.82 Å². The topological polar surface area (TPSA) is 24.1 Å². The van der Waals surface area contributed by atoms with Gasteiger partial charge in [-0.3, -0.25) is 0 Å². The molecule has 0 aliphatic rings. The highest BCUT2D eigenvalue weighted by atomic mass is 35.5. The van der Waals surface area contributed by atoms with Gasteiger partial charge in [0.25, 0.3) is 0 Å². The molecule has 1 unspecified atom stereocenters. The molecule has 2 nitrogen and oxygen atoms in total. The Labute approximate surface area is 108 Å². The van der Waals surface area contributed by atoms with Gasteiger partial charge in [0, 0.05) is 35.8 Å². The molecule has 4 heteroatoms. The summed E-state index contributed by atoms with van der Waals surface area (Å²) in [6.45, 7) is 7.66. The zero-order valence-electron chi connectivity index (χ0n) is 10.6. The van der Waals surface area contributed by atoms with Crippen molar-refractivity contribution >= 4 is 11.6 Å². The third kappa shape index (κ3) is 5.48. The molecule has 1 aromatic carbocycles. The number of hydrogen-bond acceptors (Lipinski definition) is 2. The molecular weight excluding hydrogens is 239 g/mol. The fourth-order valence-electron chi connectivity index (χ4n) is 1.43. The Morgan fingerprint density at radius 1 is 1.24 bits per heavy atom. The molecule has 0 aliphatic carbocycles. The summed E-state index contributed by atoms with van der Waals surface area (Å²) in [5.74, 6) is -0.256. The number of benzene rings is 1. The predicted octanol–water partition coefficient (Wildman–Crippen LogP) is 2.96. The van der Waals surface area contributed by atoms with Gasteiger partial charge in [-0.05, 0) is 19.1 Å². The lowest BCUT2D eigenvalue weighted by Crippen LogP contribution is -2.38. The van der Waals surface area contributed by atoms with Gasteiger partial charge in [-0.1, -0.05) is 31.5 Å². The zero-order chi connectivity index (χ0) is 12.8. The second-order valence-corrected chi connectivity index (χ2v) is 5.02. The summed E-state index contributed by atoms with van der Waals surface area (Å²) in [7, 11) is 0. The van der Waals surface area contributed by atoms with E-state index in [4.69, 9.17) is 11.6 Å². The molecule has 1 rings (SSSR count). The minimum Gasteiger partial charge on any atom is -0.313 e. The van der Waals surface area contributed by atoms with Gasteiger partial charge in [0.15, 0.2) is 0 Å². The van der Waals surface area contributed by atoms with E-state index in [1.165, 1.54) is 6.07 Å². The molecule has 1 aromatic rings. The largest absolute Gasteiger partial charge is 0.313 e. The minimum atomic E-state index is -0.256. The molecule has 1 atom stereocenters. The first-order valence-electron chi connectivity index (χ1n) is 5.89. The van der Waals surface area contributed by atoms with Crippen molar-refractivity contribution in [2.75, 3.05) is 6.54 Å². The first-order chi connectivity index (χ1) is 7.99. The van der Waals surface area contributed by atoms with Crippen molar-refractivity contribution in [1.29, 1.82) is 0 Å². The molecule has 0 saturated heterocycles. The summed E-state index contributed by atoms with van der Waals surface area (Å²) in [6.07, 6.45) is 0. The van der Waals surface area contributed by atoms with Crippen LogP contribution >= 0.6 is 11.6 Å². The van der Waals surface area contributed by atoms with Gasteiger partial charge in [0.2, 0.25) is 0 Å². The van der Waals surface area contributed by atoms with E-state index in [-0.39, 0.29) is 5.82 Å². The molecule has 17 heavy (non-hydrogen) atoms. The minimum absolute atomic E-state index is 0.256. The highest BCUT2D eigenvalue weighted by molar-refractivity contribution is 6.30. The van der Waals surface area contributed by atoms with Crippen molar-refractivity contribution in [1.82, 2.24) is 10.6 Å². The maximum absolute atomic E-state index is 13.5. The van der Waals surface area contributed by atoms with Crippen LogP contribution in [-0.4, -0.2) is 18.6 Å². The predicted molar refractivity (Wildman–Crippen MR) is 70.9 cm³/mol. The number of nitrogens with one attached hydrogen (secondary N) is 2. The summed E-state index contributed by atoms with van der Waals surface area (Å²) in [6, 6.07) is 5.53. The van der Waals surface area contributed by atoms with E-state index in [1.807, 2.05) is 0 Å². The Balaban J connectivity index is 2.39. The molecule has 0 heterocycles. The monoisotopic (exact) mass is 258 g/mol. The van der Waals surface area contributed by atoms with Crippen LogP contribution in [0.5, 0.6) is 0 Å². The first-order valence-corrected chi connectivity index (χ1v) is 6.27. The second-order valence-electron chi connectivity index (χ2n) is 4.58. The molecule has 0 amide bonds. The van der Waals surface area contributed by atoms with Crippen LogP contribution in [0.1, 0.15) is 26.3 Å². The average molecular weight is 259 g/mol. The molecule has 0 bridgehead atoms. The molecule has 0 fully saturated rings. The Morgan fingerprint density at radius 2 is 1.94 bits per heavy atom. The maximum Gasteiger partial charge on any atom is 0.129 e. The van der Waals surface area contributed by atoms with Crippen molar-refractivity contribution in [3.8, 4) is 0 Å². The summed E-state index contributed by atoms with van der Waals surface area (Å²) >= 11 is 5.69. The van der Waals surface area contributed by atoms with E-state index in [2.05, 4.69) is 31.4 Å². The molecule has 0 saturated carbocycles. The van der Waals surface area contributed by atoms with E-state index in [0.29, 0.717) is 29.2 Å². The van der Waals surface area contributed by atoms with Crippen LogP contribution in [0.15, 0.2) is 18.2 Å². The zero-order valence-corrected chi connectivity index (χ0v) is 11.3. The SMILES string of the molecule is CC(C)NCC(C)NCc1ccc(Cl)cc1F.